The third kappa shape index (κ3) is 61.7. The van der Waals surface area contributed by atoms with Crippen LogP contribution >= 0.6 is 7.82 Å². The first-order valence-corrected chi connectivity index (χ1v) is 34.5. The molecule has 0 radical (unpaired) electrons. The van der Waals surface area contributed by atoms with Gasteiger partial charge in [-0.1, -0.05) is 282 Å². The van der Waals surface area contributed by atoms with Crippen molar-refractivity contribution < 1.29 is 42.1 Å². The van der Waals surface area contributed by atoms with Gasteiger partial charge in [-0.15, -0.1) is 0 Å². The molecule has 2 unspecified atom stereocenters. The molecule has 0 aromatic carbocycles. The van der Waals surface area contributed by atoms with Gasteiger partial charge in [0.15, 0.2) is 6.10 Å². The molecule has 2 atom stereocenters. The zero-order valence-electron chi connectivity index (χ0n) is 51.2. The van der Waals surface area contributed by atoms with E-state index in [-0.39, 0.29) is 32.0 Å². The monoisotopic (exact) mass is 1090 g/mol. The quantitative estimate of drug-likeness (QED) is 0.0195. The van der Waals surface area contributed by atoms with Crippen LogP contribution in [0.1, 0.15) is 335 Å². The first-order chi connectivity index (χ1) is 37.0. The number of esters is 2. The third-order valence-electron chi connectivity index (χ3n) is 14.9. The molecule has 0 amide bonds. The molecule has 0 saturated carbocycles. The fraction of sp³-hybridized carbons (Fsp3) is 0.909. The van der Waals surface area contributed by atoms with Gasteiger partial charge in [0.25, 0.3) is 7.82 Å². The maximum atomic E-state index is 12.8. The van der Waals surface area contributed by atoms with Crippen LogP contribution in [-0.4, -0.2) is 70.0 Å². The van der Waals surface area contributed by atoms with Crippen molar-refractivity contribution in [3.8, 4) is 0 Å². The summed E-state index contributed by atoms with van der Waals surface area (Å²) in [4.78, 5) is 37.9. The summed E-state index contributed by atoms with van der Waals surface area (Å²) in [5.74, 6) is -0.817. The maximum Gasteiger partial charge on any atom is 0.306 e. The van der Waals surface area contributed by atoms with E-state index < -0.39 is 26.5 Å². The van der Waals surface area contributed by atoms with Crippen molar-refractivity contribution >= 4 is 19.8 Å². The lowest BCUT2D eigenvalue weighted by atomic mass is 10.0. The average Bonchev–Trinajstić information content (AvgIpc) is 3.38. The van der Waals surface area contributed by atoms with E-state index in [2.05, 4.69) is 38.2 Å². The Bertz CT molecular complexity index is 1330. The molecule has 0 heterocycles. The van der Waals surface area contributed by atoms with E-state index >= 15 is 0 Å². The minimum atomic E-state index is -4.63. The second kappa shape index (κ2) is 58.2. The van der Waals surface area contributed by atoms with Crippen LogP contribution in [0.25, 0.3) is 0 Å². The fourth-order valence-corrected chi connectivity index (χ4v) is 10.6. The van der Waals surface area contributed by atoms with Crippen molar-refractivity contribution in [1.29, 1.82) is 0 Å². The third-order valence-corrected chi connectivity index (χ3v) is 15.9. The van der Waals surface area contributed by atoms with E-state index in [1.807, 2.05) is 21.1 Å². The van der Waals surface area contributed by atoms with Crippen LogP contribution in [0.15, 0.2) is 24.3 Å². The van der Waals surface area contributed by atoms with Gasteiger partial charge in [0, 0.05) is 12.8 Å². The number of carbonyl (C=O) groups is 2. The molecule has 10 heteroatoms. The predicted octanol–water partition coefficient (Wildman–Crippen LogP) is 20.3. The number of ether oxygens (including phenoxy) is 2. The van der Waals surface area contributed by atoms with Crippen LogP contribution < -0.4 is 4.89 Å². The van der Waals surface area contributed by atoms with Crippen molar-refractivity contribution in [3.63, 3.8) is 0 Å². The van der Waals surface area contributed by atoms with E-state index in [1.54, 1.807) is 0 Å². The molecular formula is C66H128NO8P. The van der Waals surface area contributed by atoms with Crippen molar-refractivity contribution in [1.82, 2.24) is 0 Å². The van der Waals surface area contributed by atoms with Crippen molar-refractivity contribution in [2.24, 2.45) is 0 Å². The van der Waals surface area contributed by atoms with Gasteiger partial charge < -0.3 is 27.9 Å². The van der Waals surface area contributed by atoms with Gasteiger partial charge in [0.05, 0.1) is 27.7 Å². The molecule has 0 aromatic heterocycles. The van der Waals surface area contributed by atoms with Gasteiger partial charge in [-0.05, 0) is 64.2 Å². The lowest BCUT2D eigenvalue weighted by Crippen LogP contribution is -2.37. The first kappa shape index (κ1) is 74.5. The summed E-state index contributed by atoms with van der Waals surface area (Å²) >= 11 is 0. The summed E-state index contributed by atoms with van der Waals surface area (Å²) in [5, 5.41) is 0. The van der Waals surface area contributed by atoms with Gasteiger partial charge in [-0.2, -0.15) is 0 Å². The van der Waals surface area contributed by atoms with E-state index in [9.17, 15) is 19.0 Å². The molecule has 0 aromatic rings. The van der Waals surface area contributed by atoms with Gasteiger partial charge in [-0.25, -0.2) is 0 Å². The molecule has 0 rings (SSSR count). The highest BCUT2D eigenvalue weighted by atomic mass is 31.2. The largest absolute Gasteiger partial charge is 0.756 e. The smallest absolute Gasteiger partial charge is 0.306 e. The highest BCUT2D eigenvalue weighted by Crippen LogP contribution is 2.38. The number of allylic oxidation sites excluding steroid dienone is 4. The molecule has 0 saturated heterocycles. The molecule has 76 heavy (non-hydrogen) atoms. The number of unbranched alkanes of at least 4 members (excludes halogenated alkanes) is 44. The Hall–Kier alpha value is -1.51. The number of nitrogens with zero attached hydrogens (tertiary/aromatic N) is 1. The van der Waals surface area contributed by atoms with E-state index in [1.165, 1.54) is 270 Å². The summed E-state index contributed by atoms with van der Waals surface area (Å²) in [6.07, 6.45) is 71.1. The van der Waals surface area contributed by atoms with Gasteiger partial charge in [0.2, 0.25) is 0 Å². The Morgan fingerprint density at radius 3 is 0.974 bits per heavy atom. The number of quaternary nitrogens is 1. The zero-order chi connectivity index (χ0) is 55.6. The molecule has 450 valence electrons. The summed E-state index contributed by atoms with van der Waals surface area (Å²) in [6.45, 7) is 4.29. The predicted molar refractivity (Wildman–Crippen MR) is 324 cm³/mol. The Morgan fingerprint density at radius 1 is 0.395 bits per heavy atom. The second-order valence-corrected chi connectivity index (χ2v) is 25.2. The molecule has 0 N–H and O–H groups in total. The Kier molecular flexibility index (Phi) is 57.0. The van der Waals surface area contributed by atoms with Crippen molar-refractivity contribution in [2.45, 2.75) is 341 Å². The zero-order valence-corrected chi connectivity index (χ0v) is 52.1. The first-order valence-electron chi connectivity index (χ1n) is 33.0. The van der Waals surface area contributed by atoms with Crippen LogP contribution in [0.2, 0.25) is 0 Å². The number of rotatable bonds is 62. The number of likely N-dealkylation sites (N-methyl/N-ethyl adjacent to an activating group) is 1. The summed E-state index contributed by atoms with van der Waals surface area (Å²) in [5.41, 5.74) is 0. The van der Waals surface area contributed by atoms with Crippen LogP contribution in [0.3, 0.4) is 0 Å². The normalized spacial score (nSPS) is 13.3. The number of phosphoric acid groups is 1. The molecule has 0 bridgehead atoms. The molecule has 0 aliphatic rings. The number of hydrogen-bond acceptors (Lipinski definition) is 8. The second-order valence-electron chi connectivity index (χ2n) is 23.8. The minimum Gasteiger partial charge on any atom is -0.756 e. The van der Waals surface area contributed by atoms with Crippen molar-refractivity contribution in [3.05, 3.63) is 24.3 Å². The van der Waals surface area contributed by atoms with Crippen LogP contribution in [-0.2, 0) is 32.7 Å². The Balaban J connectivity index is 3.98. The van der Waals surface area contributed by atoms with Gasteiger partial charge >= 0.3 is 11.9 Å². The number of phosphoric ester groups is 1. The van der Waals surface area contributed by atoms with E-state index in [4.69, 9.17) is 18.5 Å². The molecule has 0 aliphatic heterocycles. The van der Waals surface area contributed by atoms with Crippen LogP contribution in [0.4, 0.5) is 0 Å². The molecule has 0 spiro atoms. The number of hydrogen-bond donors (Lipinski definition) is 0. The van der Waals surface area contributed by atoms with Crippen LogP contribution in [0, 0.1) is 0 Å². The molecular weight excluding hydrogens is 966 g/mol. The Labute approximate surface area is 472 Å². The highest BCUT2D eigenvalue weighted by Gasteiger charge is 2.22. The van der Waals surface area contributed by atoms with E-state index in [0.717, 1.165) is 32.1 Å². The van der Waals surface area contributed by atoms with E-state index in [0.29, 0.717) is 17.4 Å². The maximum absolute atomic E-state index is 12.8. The summed E-state index contributed by atoms with van der Waals surface area (Å²) in [6, 6.07) is 0. The minimum absolute atomic E-state index is 0.0280. The lowest BCUT2D eigenvalue weighted by Gasteiger charge is -2.28. The molecule has 0 aliphatic carbocycles. The number of carbonyl (C=O) groups excluding carboxylic acids is 2. The topological polar surface area (TPSA) is 111 Å². The van der Waals surface area contributed by atoms with Crippen molar-refractivity contribution in [2.75, 3.05) is 47.5 Å². The lowest BCUT2D eigenvalue weighted by molar-refractivity contribution is -0.870. The summed E-state index contributed by atoms with van der Waals surface area (Å²) < 4.78 is 34.3. The molecule has 9 nitrogen and oxygen atoms in total. The highest BCUT2D eigenvalue weighted by molar-refractivity contribution is 7.45. The standard InChI is InChI=1S/C66H128NO8P/c1-6-8-10-12-14-16-18-20-22-24-26-27-28-29-30-31-32-33-34-35-36-37-38-39-41-43-45-47-49-51-53-55-57-59-66(69)75-64(63-74-76(70,71)73-61-60-67(3,4)5)62-72-65(68)58-56-54-52-50-48-46-44-42-40-25-23-21-19-17-15-13-11-9-7-2/h21,23-24,26,64H,6-20,22,25,27-63H2,1-5H3/b23-21-,26-24-. The van der Waals surface area contributed by atoms with Gasteiger partial charge in [0.1, 0.15) is 19.8 Å². The van der Waals surface area contributed by atoms with Gasteiger partial charge in [-0.3, -0.25) is 14.2 Å². The average molecular weight is 1090 g/mol. The fourth-order valence-electron chi connectivity index (χ4n) is 9.83. The molecule has 0 fully saturated rings. The summed E-state index contributed by atoms with van der Waals surface area (Å²) in [7, 11) is 1.18. The SMILES string of the molecule is CCCCCCCC/C=C\CCCCCCCCCCCC(=O)OCC(COP(=O)([O-])OCC[N+](C)(C)C)OC(=O)CCCCCCCCCCCCCCCCCCCCCCC/C=C\CCCCCCCCCC. The Morgan fingerprint density at radius 2 is 0.671 bits per heavy atom. The van der Waals surface area contributed by atoms with Crippen LogP contribution in [0.5, 0.6) is 0 Å².